The van der Waals surface area contributed by atoms with Gasteiger partial charge in [0.1, 0.15) is 30.2 Å². The van der Waals surface area contributed by atoms with Crippen LogP contribution in [0.2, 0.25) is 0 Å². The van der Waals surface area contributed by atoms with E-state index in [4.69, 9.17) is 16.2 Å². The van der Waals surface area contributed by atoms with Gasteiger partial charge in [-0.1, -0.05) is 0 Å². The SMILES string of the molecule is Nc1ncnc2c1ncn2[C@@H]1O[C@H](CO)[C@@H](O)[C@H](O)[C@@H]1N. The summed E-state index contributed by atoms with van der Waals surface area (Å²) in [5.41, 5.74) is 12.4. The van der Waals surface area contributed by atoms with Crippen LogP contribution in [-0.4, -0.2) is 65.8 Å². The molecule has 0 spiro atoms. The Morgan fingerprint density at radius 3 is 2.71 bits per heavy atom. The fourth-order valence-corrected chi connectivity index (χ4v) is 2.42. The Morgan fingerprint density at radius 1 is 1.24 bits per heavy atom. The van der Waals surface area contributed by atoms with Crippen molar-refractivity contribution in [3.8, 4) is 0 Å². The van der Waals surface area contributed by atoms with Crippen molar-refractivity contribution in [2.75, 3.05) is 12.3 Å². The Morgan fingerprint density at radius 2 is 2.00 bits per heavy atom. The van der Waals surface area contributed by atoms with E-state index in [1.165, 1.54) is 17.2 Å². The second kappa shape index (κ2) is 5.16. The second-order valence-electron chi connectivity index (χ2n) is 4.89. The molecule has 0 saturated carbocycles. The summed E-state index contributed by atoms with van der Waals surface area (Å²) in [5.74, 6) is 0.211. The lowest BCUT2D eigenvalue weighted by Gasteiger charge is -2.41. The molecule has 0 unspecified atom stereocenters. The first kappa shape index (κ1) is 14.1. The van der Waals surface area contributed by atoms with Gasteiger partial charge in [-0.05, 0) is 0 Å². The molecule has 2 aromatic rings. The molecule has 21 heavy (non-hydrogen) atoms. The van der Waals surface area contributed by atoms with Crippen LogP contribution in [0.1, 0.15) is 6.23 Å². The van der Waals surface area contributed by atoms with E-state index in [0.29, 0.717) is 11.2 Å². The summed E-state index contributed by atoms with van der Waals surface area (Å²) < 4.78 is 7.06. The van der Waals surface area contributed by atoms with Gasteiger partial charge in [-0.2, -0.15) is 0 Å². The van der Waals surface area contributed by atoms with Gasteiger partial charge in [-0.3, -0.25) is 4.57 Å². The number of imidazole rings is 1. The number of nitrogen functional groups attached to an aromatic ring is 1. The minimum atomic E-state index is -1.27. The van der Waals surface area contributed by atoms with Crippen LogP contribution in [0, 0.1) is 0 Å². The first-order valence-electron chi connectivity index (χ1n) is 6.35. The van der Waals surface area contributed by atoms with Gasteiger partial charge in [0.05, 0.1) is 19.0 Å². The molecule has 0 aliphatic carbocycles. The standard InChI is InChI=1S/C11H16N6O4/c12-5-8(20)7(19)4(1-18)21-11(5)17-3-16-6-9(13)14-2-15-10(6)17/h2-5,7-8,11,18-20H,1,12H2,(H2,13,14,15)/t4-,5+,7-,8-,11-/m1/s1. The first-order chi connectivity index (χ1) is 10.0. The summed E-state index contributed by atoms with van der Waals surface area (Å²) in [6, 6.07) is -0.920. The summed E-state index contributed by atoms with van der Waals surface area (Å²) in [5, 5.41) is 29.0. The van der Waals surface area contributed by atoms with Crippen molar-refractivity contribution < 1.29 is 20.1 Å². The maximum Gasteiger partial charge on any atom is 0.167 e. The Bertz CT molecular complexity index is 647. The van der Waals surface area contributed by atoms with Gasteiger partial charge >= 0.3 is 0 Å². The molecule has 0 aromatic carbocycles. The lowest BCUT2D eigenvalue weighted by molar-refractivity contribution is -0.209. The molecule has 7 N–H and O–H groups in total. The highest BCUT2D eigenvalue weighted by atomic mass is 16.5. The molecule has 0 radical (unpaired) electrons. The molecule has 1 aliphatic heterocycles. The van der Waals surface area contributed by atoms with Crippen molar-refractivity contribution in [1.29, 1.82) is 0 Å². The minimum Gasteiger partial charge on any atom is -0.394 e. The average Bonchev–Trinajstić information content (AvgIpc) is 2.91. The van der Waals surface area contributed by atoms with E-state index in [-0.39, 0.29) is 5.82 Å². The highest BCUT2D eigenvalue weighted by Crippen LogP contribution is 2.29. The van der Waals surface area contributed by atoms with Crippen LogP contribution < -0.4 is 11.5 Å². The molecule has 3 rings (SSSR count). The van der Waals surface area contributed by atoms with E-state index in [9.17, 15) is 15.3 Å². The molecule has 2 aromatic heterocycles. The smallest absolute Gasteiger partial charge is 0.167 e. The van der Waals surface area contributed by atoms with Gasteiger partial charge < -0.3 is 31.5 Å². The number of hydrogen-bond acceptors (Lipinski definition) is 9. The van der Waals surface area contributed by atoms with E-state index < -0.39 is 37.2 Å². The number of rotatable bonds is 2. The van der Waals surface area contributed by atoms with Crippen molar-refractivity contribution >= 4 is 17.0 Å². The molecule has 5 atom stereocenters. The molecular weight excluding hydrogens is 280 g/mol. The van der Waals surface area contributed by atoms with Gasteiger partial charge in [0.15, 0.2) is 17.7 Å². The zero-order valence-electron chi connectivity index (χ0n) is 10.9. The van der Waals surface area contributed by atoms with Crippen LogP contribution >= 0.6 is 0 Å². The Labute approximate surface area is 119 Å². The van der Waals surface area contributed by atoms with Crippen LogP contribution in [0.4, 0.5) is 5.82 Å². The van der Waals surface area contributed by atoms with Crippen LogP contribution in [-0.2, 0) is 4.74 Å². The Hall–Kier alpha value is -1.85. The molecule has 10 nitrogen and oxygen atoms in total. The van der Waals surface area contributed by atoms with Crippen LogP contribution in [0.3, 0.4) is 0 Å². The zero-order valence-corrected chi connectivity index (χ0v) is 10.9. The largest absolute Gasteiger partial charge is 0.394 e. The number of anilines is 1. The number of hydrogen-bond donors (Lipinski definition) is 5. The lowest BCUT2D eigenvalue weighted by Crippen LogP contribution is -2.59. The maximum atomic E-state index is 9.99. The molecule has 1 aliphatic rings. The zero-order chi connectivity index (χ0) is 15.1. The monoisotopic (exact) mass is 296 g/mol. The highest BCUT2D eigenvalue weighted by Gasteiger charge is 2.43. The summed E-state index contributed by atoms with van der Waals surface area (Å²) in [6.07, 6.45) is -1.63. The topological polar surface area (TPSA) is 166 Å². The normalized spacial score (nSPS) is 33.4. The third-order valence-electron chi connectivity index (χ3n) is 3.61. The Balaban J connectivity index is 2.03. The van der Waals surface area contributed by atoms with E-state index in [2.05, 4.69) is 15.0 Å². The summed E-state index contributed by atoms with van der Waals surface area (Å²) in [7, 11) is 0. The van der Waals surface area contributed by atoms with Gasteiger partial charge in [0.25, 0.3) is 0 Å². The fraction of sp³-hybridized carbons (Fsp3) is 0.545. The average molecular weight is 296 g/mol. The summed E-state index contributed by atoms with van der Waals surface area (Å²) >= 11 is 0. The van der Waals surface area contributed by atoms with Gasteiger partial charge in [0.2, 0.25) is 0 Å². The van der Waals surface area contributed by atoms with Crippen molar-refractivity contribution in [3.05, 3.63) is 12.7 Å². The van der Waals surface area contributed by atoms with Crippen molar-refractivity contribution in [2.24, 2.45) is 5.73 Å². The molecule has 10 heteroatoms. The molecule has 1 fully saturated rings. The van der Waals surface area contributed by atoms with E-state index >= 15 is 0 Å². The third-order valence-corrected chi connectivity index (χ3v) is 3.61. The number of aliphatic hydroxyl groups excluding tert-OH is 3. The first-order valence-corrected chi connectivity index (χ1v) is 6.35. The van der Waals surface area contributed by atoms with E-state index in [0.717, 1.165) is 0 Å². The number of nitrogens with zero attached hydrogens (tertiary/aromatic N) is 4. The minimum absolute atomic E-state index is 0.211. The van der Waals surface area contributed by atoms with Crippen LogP contribution in [0.15, 0.2) is 12.7 Å². The number of aliphatic hydroxyl groups is 3. The summed E-state index contributed by atoms with van der Waals surface area (Å²) in [4.78, 5) is 12.0. The second-order valence-corrected chi connectivity index (χ2v) is 4.89. The number of nitrogens with two attached hydrogens (primary N) is 2. The number of aromatic nitrogens is 4. The van der Waals surface area contributed by atoms with Gasteiger partial charge in [0, 0.05) is 0 Å². The van der Waals surface area contributed by atoms with Gasteiger partial charge in [-0.15, -0.1) is 0 Å². The molecule has 0 amide bonds. The number of fused-ring (bicyclic) bond motifs is 1. The molecule has 1 saturated heterocycles. The molecule has 3 heterocycles. The number of ether oxygens (including phenoxy) is 1. The summed E-state index contributed by atoms with van der Waals surface area (Å²) in [6.45, 7) is -0.453. The van der Waals surface area contributed by atoms with Crippen molar-refractivity contribution in [2.45, 2.75) is 30.6 Å². The molecule has 114 valence electrons. The predicted octanol–water partition coefficient (Wildman–Crippen LogP) is -2.65. The fourth-order valence-electron chi connectivity index (χ4n) is 2.42. The third kappa shape index (κ3) is 2.13. The highest BCUT2D eigenvalue weighted by molar-refractivity contribution is 5.81. The van der Waals surface area contributed by atoms with Crippen LogP contribution in [0.25, 0.3) is 11.2 Å². The molecular formula is C11H16N6O4. The van der Waals surface area contributed by atoms with E-state index in [1.807, 2.05) is 0 Å². The lowest BCUT2D eigenvalue weighted by atomic mass is 9.97. The van der Waals surface area contributed by atoms with Crippen LogP contribution in [0.5, 0.6) is 0 Å². The van der Waals surface area contributed by atoms with Crippen molar-refractivity contribution in [1.82, 2.24) is 19.5 Å². The van der Waals surface area contributed by atoms with E-state index in [1.54, 1.807) is 0 Å². The maximum absolute atomic E-state index is 9.99. The molecule has 0 bridgehead atoms. The Kier molecular flexibility index (Phi) is 3.47. The van der Waals surface area contributed by atoms with Gasteiger partial charge in [-0.25, -0.2) is 15.0 Å². The predicted molar refractivity (Wildman–Crippen MR) is 70.7 cm³/mol. The van der Waals surface area contributed by atoms with Crippen molar-refractivity contribution in [3.63, 3.8) is 0 Å². The quantitative estimate of drug-likeness (QED) is 0.397.